The lowest BCUT2D eigenvalue weighted by atomic mass is 9.96. The number of fused-ring (bicyclic) bond motifs is 2. The first-order valence-corrected chi connectivity index (χ1v) is 10.1. The van der Waals surface area contributed by atoms with Gasteiger partial charge in [0.25, 0.3) is 0 Å². The van der Waals surface area contributed by atoms with E-state index in [4.69, 9.17) is 9.15 Å². The molecule has 152 valence electrons. The zero-order valence-electron chi connectivity index (χ0n) is 17.7. The van der Waals surface area contributed by atoms with Gasteiger partial charge in [-0.25, -0.2) is 0 Å². The highest BCUT2D eigenvalue weighted by atomic mass is 16.5. The lowest BCUT2D eigenvalue weighted by Crippen LogP contribution is -2.19. The standard InChI is InChI=1S/C26H25NO3/c1-5-29-24-15-25-22(14-21(24)17(2)13-26(28)27(3)4)23(16-30-25)20-12-8-10-18-9-6-7-11-19(18)20/h6-16H,5H2,1-4H3/b17-13+. The normalized spacial score (nSPS) is 11.8. The van der Waals surface area contributed by atoms with Crippen LogP contribution in [-0.4, -0.2) is 31.5 Å². The van der Waals surface area contributed by atoms with Crippen LogP contribution in [0.3, 0.4) is 0 Å². The predicted molar refractivity (Wildman–Crippen MR) is 123 cm³/mol. The summed E-state index contributed by atoms with van der Waals surface area (Å²) < 4.78 is 11.8. The number of amides is 1. The number of nitrogens with zero attached hydrogens (tertiary/aromatic N) is 1. The molecule has 0 aliphatic rings. The molecule has 0 fully saturated rings. The molecule has 0 atom stereocenters. The molecular weight excluding hydrogens is 374 g/mol. The summed E-state index contributed by atoms with van der Waals surface area (Å²) in [6.07, 6.45) is 3.44. The van der Waals surface area contributed by atoms with E-state index in [2.05, 4.69) is 36.4 Å². The fourth-order valence-electron chi connectivity index (χ4n) is 3.70. The monoisotopic (exact) mass is 399 g/mol. The predicted octanol–water partition coefficient (Wildman–Crippen LogP) is 6.14. The Morgan fingerprint density at radius 3 is 2.57 bits per heavy atom. The molecule has 0 radical (unpaired) electrons. The van der Waals surface area contributed by atoms with Gasteiger partial charge in [-0.05, 0) is 41.8 Å². The minimum Gasteiger partial charge on any atom is -0.493 e. The van der Waals surface area contributed by atoms with Crippen molar-refractivity contribution in [2.75, 3.05) is 20.7 Å². The number of hydrogen-bond acceptors (Lipinski definition) is 3. The van der Waals surface area contributed by atoms with Crippen LogP contribution in [0.5, 0.6) is 5.75 Å². The third kappa shape index (κ3) is 3.57. The number of benzene rings is 3. The van der Waals surface area contributed by atoms with Crippen LogP contribution in [0.25, 0.3) is 38.4 Å². The number of hydrogen-bond donors (Lipinski definition) is 0. The SMILES string of the molecule is CCOc1cc2occ(-c3cccc4ccccc34)c2cc1/C(C)=C/C(=O)N(C)C. The summed E-state index contributed by atoms with van der Waals surface area (Å²) in [5, 5.41) is 3.35. The van der Waals surface area contributed by atoms with Crippen LogP contribution in [0.2, 0.25) is 0 Å². The molecule has 0 aliphatic carbocycles. The minimum atomic E-state index is -0.0588. The second-order valence-electron chi connectivity index (χ2n) is 7.51. The first-order valence-electron chi connectivity index (χ1n) is 10.1. The second kappa shape index (κ2) is 8.07. The summed E-state index contributed by atoms with van der Waals surface area (Å²) in [6.45, 7) is 4.41. The van der Waals surface area contributed by atoms with Crippen LogP contribution in [-0.2, 0) is 4.79 Å². The highest BCUT2D eigenvalue weighted by Crippen LogP contribution is 2.39. The lowest BCUT2D eigenvalue weighted by molar-refractivity contribution is -0.123. The van der Waals surface area contributed by atoms with Crippen molar-refractivity contribution in [3.63, 3.8) is 0 Å². The molecule has 1 aromatic heterocycles. The highest BCUT2D eigenvalue weighted by molar-refractivity contribution is 6.06. The molecule has 1 heterocycles. The van der Waals surface area contributed by atoms with Gasteiger partial charge in [0.15, 0.2) is 0 Å². The Bertz CT molecular complexity index is 1260. The van der Waals surface area contributed by atoms with Crippen molar-refractivity contribution in [2.45, 2.75) is 13.8 Å². The molecule has 0 spiro atoms. The average Bonchev–Trinajstić information content (AvgIpc) is 3.15. The van der Waals surface area contributed by atoms with Crippen LogP contribution in [0.1, 0.15) is 19.4 Å². The van der Waals surface area contributed by atoms with Gasteiger partial charge in [-0.1, -0.05) is 42.5 Å². The van der Waals surface area contributed by atoms with Crippen molar-refractivity contribution in [2.24, 2.45) is 0 Å². The van der Waals surface area contributed by atoms with Crippen molar-refractivity contribution in [1.29, 1.82) is 0 Å². The molecule has 4 aromatic rings. The van der Waals surface area contributed by atoms with Crippen LogP contribution >= 0.6 is 0 Å². The zero-order chi connectivity index (χ0) is 21.3. The van der Waals surface area contributed by atoms with Crippen molar-refractivity contribution < 1.29 is 13.9 Å². The van der Waals surface area contributed by atoms with E-state index < -0.39 is 0 Å². The second-order valence-corrected chi connectivity index (χ2v) is 7.51. The summed E-state index contributed by atoms with van der Waals surface area (Å²) in [7, 11) is 3.49. The molecule has 4 nitrogen and oxygen atoms in total. The molecule has 0 aliphatic heterocycles. The maximum absolute atomic E-state index is 12.2. The summed E-state index contributed by atoms with van der Waals surface area (Å²) in [4.78, 5) is 13.8. The summed E-state index contributed by atoms with van der Waals surface area (Å²) in [5.74, 6) is 0.653. The molecule has 4 rings (SSSR count). The van der Waals surface area contributed by atoms with E-state index in [0.29, 0.717) is 12.4 Å². The molecule has 0 saturated carbocycles. The molecular formula is C26H25NO3. The third-order valence-electron chi connectivity index (χ3n) is 5.26. The minimum absolute atomic E-state index is 0.0588. The van der Waals surface area contributed by atoms with Crippen molar-refractivity contribution in [3.05, 3.63) is 72.5 Å². The largest absolute Gasteiger partial charge is 0.493 e. The molecule has 0 unspecified atom stereocenters. The van der Waals surface area contributed by atoms with Gasteiger partial charge in [-0.3, -0.25) is 4.79 Å². The van der Waals surface area contributed by atoms with Crippen LogP contribution < -0.4 is 4.74 Å². The quantitative estimate of drug-likeness (QED) is 0.378. The van der Waals surface area contributed by atoms with Crippen LogP contribution in [0, 0.1) is 0 Å². The van der Waals surface area contributed by atoms with Gasteiger partial charge < -0.3 is 14.1 Å². The maximum atomic E-state index is 12.2. The number of rotatable bonds is 5. The molecule has 30 heavy (non-hydrogen) atoms. The van der Waals surface area contributed by atoms with Gasteiger partial charge in [0, 0.05) is 42.8 Å². The van der Waals surface area contributed by atoms with E-state index in [1.165, 1.54) is 10.8 Å². The summed E-state index contributed by atoms with van der Waals surface area (Å²) in [6, 6.07) is 18.6. The molecule has 0 N–H and O–H groups in total. The van der Waals surface area contributed by atoms with E-state index in [9.17, 15) is 4.79 Å². The fourth-order valence-corrected chi connectivity index (χ4v) is 3.70. The lowest BCUT2D eigenvalue weighted by Gasteiger charge is -2.13. The topological polar surface area (TPSA) is 42.7 Å². The Kier molecular flexibility index (Phi) is 5.32. The molecule has 4 heteroatoms. The maximum Gasteiger partial charge on any atom is 0.246 e. The van der Waals surface area contributed by atoms with E-state index >= 15 is 0 Å². The average molecular weight is 399 g/mol. The Morgan fingerprint density at radius 2 is 1.80 bits per heavy atom. The Hall–Kier alpha value is -3.53. The van der Waals surface area contributed by atoms with E-state index in [0.717, 1.165) is 33.2 Å². The summed E-state index contributed by atoms with van der Waals surface area (Å²) >= 11 is 0. The van der Waals surface area contributed by atoms with Gasteiger partial charge >= 0.3 is 0 Å². The van der Waals surface area contributed by atoms with E-state index in [1.807, 2.05) is 32.0 Å². The van der Waals surface area contributed by atoms with Crippen molar-refractivity contribution >= 4 is 33.2 Å². The fraction of sp³-hybridized carbons (Fsp3) is 0.192. The third-order valence-corrected chi connectivity index (χ3v) is 5.26. The van der Waals surface area contributed by atoms with Gasteiger partial charge in [0.05, 0.1) is 12.9 Å². The van der Waals surface area contributed by atoms with E-state index in [-0.39, 0.29) is 5.91 Å². The summed E-state index contributed by atoms with van der Waals surface area (Å²) in [5.41, 5.74) is 4.65. The number of allylic oxidation sites excluding steroid dienone is 1. The first kappa shape index (κ1) is 19.8. The molecule has 0 saturated heterocycles. The number of ether oxygens (including phenoxy) is 1. The smallest absolute Gasteiger partial charge is 0.246 e. The number of carbonyl (C=O) groups excluding carboxylic acids is 1. The van der Waals surface area contributed by atoms with E-state index in [1.54, 1.807) is 31.3 Å². The molecule has 1 amide bonds. The number of furan rings is 1. The van der Waals surface area contributed by atoms with Gasteiger partial charge in [-0.15, -0.1) is 0 Å². The zero-order valence-corrected chi connectivity index (χ0v) is 17.7. The Morgan fingerprint density at radius 1 is 1.03 bits per heavy atom. The van der Waals surface area contributed by atoms with Crippen LogP contribution in [0.4, 0.5) is 0 Å². The van der Waals surface area contributed by atoms with Gasteiger partial charge in [-0.2, -0.15) is 0 Å². The number of likely N-dealkylation sites (N-methyl/N-ethyl adjacent to an activating group) is 1. The number of carbonyl (C=O) groups is 1. The molecule has 3 aromatic carbocycles. The van der Waals surface area contributed by atoms with Crippen molar-refractivity contribution in [1.82, 2.24) is 4.90 Å². The molecule has 0 bridgehead atoms. The Balaban J connectivity index is 1.93. The first-order chi connectivity index (χ1) is 14.5. The highest BCUT2D eigenvalue weighted by Gasteiger charge is 2.16. The Labute approximate surface area is 176 Å². The van der Waals surface area contributed by atoms with Crippen LogP contribution in [0.15, 0.2) is 71.4 Å². The van der Waals surface area contributed by atoms with Gasteiger partial charge in [0.2, 0.25) is 5.91 Å². The van der Waals surface area contributed by atoms with Crippen molar-refractivity contribution in [3.8, 4) is 16.9 Å². The van der Waals surface area contributed by atoms with Gasteiger partial charge in [0.1, 0.15) is 11.3 Å².